The lowest BCUT2D eigenvalue weighted by Crippen LogP contribution is -1.89. The number of H-pyrrole nitrogens is 1. The quantitative estimate of drug-likeness (QED) is 0.630. The molecule has 0 saturated heterocycles. The van der Waals surface area contributed by atoms with Crippen LogP contribution in [0.15, 0.2) is 36.8 Å². The molecule has 0 aliphatic heterocycles. The van der Waals surface area contributed by atoms with Gasteiger partial charge in [-0.05, 0) is 12.1 Å². The van der Waals surface area contributed by atoms with Crippen molar-refractivity contribution in [1.82, 2.24) is 10.3 Å². The zero-order valence-corrected chi connectivity index (χ0v) is 8.17. The second-order valence-corrected chi connectivity index (χ2v) is 2.18. The van der Waals surface area contributed by atoms with Crippen LogP contribution in [0.2, 0.25) is 0 Å². The fraction of sp³-hybridized carbons (Fsp3) is 0.273. The van der Waals surface area contributed by atoms with Crippen LogP contribution in [0.3, 0.4) is 0 Å². The Balaban J connectivity index is 0.000000243. The first-order valence-electron chi connectivity index (χ1n) is 4.30. The molecule has 0 unspecified atom stereocenters. The van der Waals surface area contributed by atoms with Gasteiger partial charge >= 0.3 is 0 Å². The fourth-order valence-electron chi connectivity index (χ4n) is 0.564. The van der Waals surface area contributed by atoms with E-state index in [2.05, 4.69) is 22.1 Å². The molecule has 2 N–H and O–H groups in total. The lowest BCUT2D eigenvalue weighted by atomic mass is 10.4. The number of hydrogen-bond donors (Lipinski definition) is 2. The molecule has 1 heterocycles. The van der Waals surface area contributed by atoms with E-state index >= 15 is 0 Å². The van der Waals surface area contributed by atoms with Gasteiger partial charge in [0, 0.05) is 38.1 Å². The third-order valence-corrected chi connectivity index (χ3v) is 1.11. The van der Waals surface area contributed by atoms with Crippen molar-refractivity contribution in [3.05, 3.63) is 36.8 Å². The second kappa shape index (κ2) is 10.4. The molecule has 0 spiro atoms. The van der Waals surface area contributed by atoms with Gasteiger partial charge in [-0.3, -0.25) is 0 Å². The van der Waals surface area contributed by atoms with Crippen molar-refractivity contribution in [2.24, 2.45) is 0 Å². The minimum absolute atomic E-state index is 0.925. The van der Waals surface area contributed by atoms with Crippen molar-refractivity contribution in [2.45, 2.75) is 13.3 Å². The van der Waals surface area contributed by atoms with Crippen LogP contribution in [-0.4, -0.2) is 12.0 Å². The first-order chi connectivity index (χ1) is 6.41. The van der Waals surface area contributed by atoms with Gasteiger partial charge in [0.05, 0.1) is 0 Å². The molecule has 0 fully saturated rings. The molecule has 0 radical (unpaired) electrons. The number of aromatic amines is 1. The van der Waals surface area contributed by atoms with Crippen molar-refractivity contribution >= 4 is 0 Å². The van der Waals surface area contributed by atoms with Gasteiger partial charge in [0.25, 0.3) is 0 Å². The van der Waals surface area contributed by atoms with Crippen molar-refractivity contribution in [3.63, 3.8) is 0 Å². The van der Waals surface area contributed by atoms with E-state index in [4.69, 9.17) is 0 Å². The minimum Gasteiger partial charge on any atom is -0.393 e. The normalized spacial score (nSPS) is 8.15. The Hall–Kier alpha value is -1.62. The average Bonchev–Trinajstić information content (AvgIpc) is 2.70. The lowest BCUT2D eigenvalue weighted by Gasteiger charge is -1.76. The standard InChI is InChI=1S/C7H11N.C4H5N/c1-3-4-5-6-7-8-2;1-2-4-5-3-1/h6-8H,3H2,1-2H3;1-5H/b7-6-;. The van der Waals surface area contributed by atoms with Crippen LogP contribution in [0, 0.1) is 11.8 Å². The Morgan fingerprint density at radius 1 is 1.38 bits per heavy atom. The molecule has 1 aromatic rings. The first-order valence-corrected chi connectivity index (χ1v) is 4.30. The van der Waals surface area contributed by atoms with E-state index in [1.54, 1.807) is 6.08 Å². The van der Waals surface area contributed by atoms with E-state index in [0.29, 0.717) is 0 Å². The summed E-state index contributed by atoms with van der Waals surface area (Å²) in [6.45, 7) is 2.03. The first kappa shape index (κ1) is 11.4. The summed E-state index contributed by atoms with van der Waals surface area (Å²) in [5.41, 5.74) is 0. The van der Waals surface area contributed by atoms with E-state index in [1.165, 1.54) is 0 Å². The second-order valence-electron chi connectivity index (χ2n) is 2.18. The molecule has 1 aromatic heterocycles. The summed E-state index contributed by atoms with van der Waals surface area (Å²) in [4.78, 5) is 2.86. The van der Waals surface area contributed by atoms with E-state index in [9.17, 15) is 0 Å². The highest BCUT2D eigenvalue weighted by Gasteiger charge is 1.57. The highest BCUT2D eigenvalue weighted by atomic mass is 14.8. The number of nitrogens with one attached hydrogen (secondary N) is 2. The van der Waals surface area contributed by atoms with Gasteiger partial charge in [-0.2, -0.15) is 0 Å². The Bertz CT molecular complexity index is 232. The van der Waals surface area contributed by atoms with E-state index in [-0.39, 0.29) is 0 Å². The molecule has 1 rings (SSSR count). The number of allylic oxidation sites excluding steroid dienone is 1. The molecular formula is C11H16N2. The highest BCUT2D eigenvalue weighted by Crippen LogP contribution is 1.72. The molecule has 0 bridgehead atoms. The summed E-state index contributed by atoms with van der Waals surface area (Å²) < 4.78 is 0. The van der Waals surface area contributed by atoms with Crippen molar-refractivity contribution in [1.29, 1.82) is 0 Å². The van der Waals surface area contributed by atoms with Crippen LogP contribution in [-0.2, 0) is 0 Å². The molecule has 0 aromatic carbocycles. The predicted octanol–water partition coefficient (Wildman–Crippen LogP) is 2.15. The van der Waals surface area contributed by atoms with Crippen LogP contribution >= 0.6 is 0 Å². The summed E-state index contributed by atoms with van der Waals surface area (Å²) in [5.74, 6) is 5.75. The van der Waals surface area contributed by atoms with Crippen molar-refractivity contribution in [2.75, 3.05) is 7.05 Å². The molecule has 0 amide bonds. The SMILES string of the molecule is CCC#C/C=C\NC.c1cc[nH]c1. The van der Waals surface area contributed by atoms with Crippen LogP contribution < -0.4 is 5.32 Å². The number of hydrogen-bond acceptors (Lipinski definition) is 1. The minimum atomic E-state index is 0.925. The largest absolute Gasteiger partial charge is 0.393 e. The Morgan fingerprint density at radius 3 is 2.46 bits per heavy atom. The van der Waals surface area contributed by atoms with E-state index in [1.807, 2.05) is 44.7 Å². The van der Waals surface area contributed by atoms with Gasteiger partial charge in [0.15, 0.2) is 0 Å². The van der Waals surface area contributed by atoms with Crippen LogP contribution in [0.1, 0.15) is 13.3 Å². The topological polar surface area (TPSA) is 27.8 Å². The van der Waals surface area contributed by atoms with Gasteiger partial charge < -0.3 is 10.3 Å². The van der Waals surface area contributed by atoms with Crippen molar-refractivity contribution in [3.8, 4) is 11.8 Å². The molecule has 0 atom stereocenters. The Morgan fingerprint density at radius 2 is 2.08 bits per heavy atom. The molecule has 0 aliphatic rings. The molecule has 0 aliphatic carbocycles. The fourth-order valence-corrected chi connectivity index (χ4v) is 0.564. The maximum Gasteiger partial charge on any atom is 0.00638 e. The van der Waals surface area contributed by atoms with Gasteiger partial charge in [-0.25, -0.2) is 0 Å². The van der Waals surface area contributed by atoms with Crippen LogP contribution in [0.4, 0.5) is 0 Å². The maximum absolute atomic E-state index is 2.91. The Labute approximate surface area is 80.1 Å². The third-order valence-electron chi connectivity index (χ3n) is 1.11. The highest BCUT2D eigenvalue weighted by molar-refractivity contribution is 5.13. The summed E-state index contributed by atoms with van der Waals surface area (Å²) in [6.07, 6.45) is 8.28. The smallest absolute Gasteiger partial charge is 0.00638 e. The zero-order valence-electron chi connectivity index (χ0n) is 8.17. The van der Waals surface area contributed by atoms with E-state index in [0.717, 1.165) is 6.42 Å². The van der Waals surface area contributed by atoms with Gasteiger partial charge in [0.2, 0.25) is 0 Å². The van der Waals surface area contributed by atoms with E-state index < -0.39 is 0 Å². The summed E-state index contributed by atoms with van der Waals surface area (Å²) in [7, 11) is 1.85. The molecule has 13 heavy (non-hydrogen) atoms. The summed E-state index contributed by atoms with van der Waals surface area (Å²) in [5, 5.41) is 2.84. The van der Waals surface area contributed by atoms with Gasteiger partial charge in [-0.1, -0.05) is 18.8 Å². The zero-order chi connectivity index (χ0) is 9.78. The number of rotatable bonds is 1. The summed E-state index contributed by atoms with van der Waals surface area (Å²) >= 11 is 0. The summed E-state index contributed by atoms with van der Waals surface area (Å²) in [6, 6.07) is 3.89. The van der Waals surface area contributed by atoms with Gasteiger partial charge in [-0.15, -0.1) is 0 Å². The molecule has 0 saturated carbocycles. The molecule has 2 heteroatoms. The molecule has 70 valence electrons. The average molecular weight is 176 g/mol. The maximum atomic E-state index is 2.91. The molecular weight excluding hydrogens is 160 g/mol. The monoisotopic (exact) mass is 176 g/mol. The van der Waals surface area contributed by atoms with Gasteiger partial charge in [0.1, 0.15) is 0 Å². The lowest BCUT2D eigenvalue weighted by molar-refractivity contribution is 1.10. The third kappa shape index (κ3) is 10.4. The predicted molar refractivity (Wildman–Crippen MR) is 57.1 cm³/mol. The van der Waals surface area contributed by atoms with Crippen molar-refractivity contribution < 1.29 is 0 Å². The van der Waals surface area contributed by atoms with Crippen LogP contribution in [0.25, 0.3) is 0 Å². The Kier molecular flexibility index (Phi) is 9.09. The number of aromatic nitrogens is 1. The van der Waals surface area contributed by atoms with Crippen LogP contribution in [0.5, 0.6) is 0 Å². The molecule has 2 nitrogen and oxygen atoms in total.